The maximum Gasteiger partial charge on any atom is 0.260 e. The maximum absolute atomic E-state index is 12.6. The average Bonchev–Trinajstić information content (AvgIpc) is 3.47. The van der Waals surface area contributed by atoms with Gasteiger partial charge in [0.05, 0.1) is 17.4 Å². The first kappa shape index (κ1) is 17.7. The molecule has 1 fully saturated rings. The molecule has 4 aromatic rings. The van der Waals surface area contributed by atoms with E-state index in [-0.39, 0.29) is 5.56 Å². The molecule has 2 N–H and O–H groups in total. The summed E-state index contributed by atoms with van der Waals surface area (Å²) < 4.78 is 5.43. The first-order valence-corrected chi connectivity index (χ1v) is 11.2. The molecule has 0 bridgehead atoms. The number of fused-ring (bicyclic) bond motifs is 1. The van der Waals surface area contributed by atoms with Gasteiger partial charge in [-0.3, -0.25) is 9.89 Å². The second-order valence-electron chi connectivity index (χ2n) is 7.03. The standard InChI is InChI=1S/C19H19N5O2S2/c25-17-16-12(13-6-3-7-26-13)9-27-18(16)21-15(20-17)10-28-19-22-14(23-24-19)8-11-4-1-2-5-11/h3,6-7,9,11H,1-2,4-5,8,10H2,(H,20,21,25)(H,22,23,24). The van der Waals surface area contributed by atoms with Gasteiger partial charge in [0, 0.05) is 17.4 Å². The SMILES string of the molecule is O=c1[nH]c(CSc2n[nH]c(CC3CCCC3)n2)nc2scc(-c3ccco3)c12. The van der Waals surface area contributed by atoms with Crippen molar-refractivity contribution in [1.82, 2.24) is 25.1 Å². The van der Waals surface area contributed by atoms with Gasteiger partial charge in [-0.05, 0) is 18.1 Å². The van der Waals surface area contributed by atoms with Crippen LogP contribution in [0.25, 0.3) is 21.5 Å². The predicted molar refractivity (Wildman–Crippen MR) is 110 cm³/mol. The summed E-state index contributed by atoms with van der Waals surface area (Å²) in [5.41, 5.74) is 0.633. The molecule has 9 heteroatoms. The molecule has 1 aliphatic rings. The number of H-pyrrole nitrogens is 2. The molecule has 144 valence electrons. The molecule has 4 aromatic heterocycles. The number of hydrogen-bond donors (Lipinski definition) is 2. The molecule has 0 atom stereocenters. The first-order chi connectivity index (χ1) is 13.8. The Morgan fingerprint density at radius 3 is 2.96 bits per heavy atom. The predicted octanol–water partition coefficient (Wildman–Crippen LogP) is 4.39. The minimum absolute atomic E-state index is 0.148. The largest absolute Gasteiger partial charge is 0.464 e. The Balaban J connectivity index is 1.31. The lowest BCUT2D eigenvalue weighted by atomic mass is 10.0. The molecule has 0 saturated heterocycles. The first-order valence-electron chi connectivity index (χ1n) is 9.34. The van der Waals surface area contributed by atoms with Gasteiger partial charge in [0.1, 0.15) is 22.2 Å². The fraction of sp³-hybridized carbons (Fsp3) is 0.368. The van der Waals surface area contributed by atoms with Gasteiger partial charge in [0.25, 0.3) is 5.56 Å². The minimum atomic E-state index is -0.148. The van der Waals surface area contributed by atoms with Crippen molar-refractivity contribution in [3.63, 3.8) is 0 Å². The summed E-state index contributed by atoms with van der Waals surface area (Å²) in [6.07, 6.45) is 7.80. The Labute approximate surface area is 169 Å². The highest BCUT2D eigenvalue weighted by molar-refractivity contribution is 7.98. The molecule has 28 heavy (non-hydrogen) atoms. The highest BCUT2D eigenvalue weighted by Crippen LogP contribution is 2.31. The van der Waals surface area contributed by atoms with Crippen LogP contribution in [0.2, 0.25) is 0 Å². The number of aromatic amines is 2. The van der Waals surface area contributed by atoms with Gasteiger partial charge in [-0.2, -0.15) is 0 Å². The molecule has 0 amide bonds. The van der Waals surface area contributed by atoms with Crippen LogP contribution in [0.1, 0.15) is 37.3 Å². The van der Waals surface area contributed by atoms with Gasteiger partial charge in [-0.1, -0.05) is 37.4 Å². The number of nitrogens with one attached hydrogen (secondary N) is 2. The highest BCUT2D eigenvalue weighted by Gasteiger charge is 2.18. The van der Waals surface area contributed by atoms with E-state index in [1.807, 2.05) is 17.5 Å². The van der Waals surface area contributed by atoms with Crippen LogP contribution in [0.3, 0.4) is 0 Å². The third-order valence-corrected chi connectivity index (χ3v) is 6.82. The summed E-state index contributed by atoms with van der Waals surface area (Å²) in [7, 11) is 0. The lowest BCUT2D eigenvalue weighted by Crippen LogP contribution is -2.10. The molecule has 0 unspecified atom stereocenters. The van der Waals surface area contributed by atoms with Crippen molar-refractivity contribution < 1.29 is 4.42 Å². The Morgan fingerprint density at radius 2 is 2.14 bits per heavy atom. The summed E-state index contributed by atoms with van der Waals surface area (Å²) in [5.74, 6) is 3.50. The van der Waals surface area contributed by atoms with E-state index in [0.717, 1.165) is 23.7 Å². The number of thiophene rings is 1. The Bertz CT molecular complexity index is 1140. The molecule has 1 aliphatic carbocycles. The van der Waals surface area contributed by atoms with E-state index in [1.54, 1.807) is 6.26 Å². The van der Waals surface area contributed by atoms with Gasteiger partial charge in [-0.15, -0.1) is 16.4 Å². The molecule has 0 aromatic carbocycles. The van der Waals surface area contributed by atoms with Crippen molar-refractivity contribution in [2.75, 3.05) is 0 Å². The van der Waals surface area contributed by atoms with Gasteiger partial charge >= 0.3 is 0 Å². The smallest absolute Gasteiger partial charge is 0.260 e. The van der Waals surface area contributed by atoms with Crippen molar-refractivity contribution in [2.45, 2.75) is 43.0 Å². The van der Waals surface area contributed by atoms with Crippen molar-refractivity contribution >= 4 is 33.3 Å². The zero-order chi connectivity index (χ0) is 18.9. The van der Waals surface area contributed by atoms with E-state index in [4.69, 9.17) is 4.42 Å². The number of rotatable bonds is 6. The summed E-state index contributed by atoms with van der Waals surface area (Å²) in [5, 5.41) is 10.5. The van der Waals surface area contributed by atoms with Gasteiger partial charge in [0.2, 0.25) is 5.16 Å². The zero-order valence-electron chi connectivity index (χ0n) is 15.1. The molecule has 0 aliphatic heterocycles. The minimum Gasteiger partial charge on any atom is -0.464 e. The van der Waals surface area contributed by atoms with E-state index >= 15 is 0 Å². The zero-order valence-corrected chi connectivity index (χ0v) is 16.7. The normalized spacial score (nSPS) is 15.0. The number of nitrogens with zero attached hydrogens (tertiary/aromatic N) is 3. The van der Waals surface area contributed by atoms with Crippen LogP contribution < -0.4 is 5.56 Å². The van der Waals surface area contributed by atoms with E-state index in [9.17, 15) is 4.79 Å². The topological polar surface area (TPSA) is 100 Å². The molecule has 5 rings (SSSR count). The summed E-state index contributed by atoms with van der Waals surface area (Å²) >= 11 is 2.92. The van der Waals surface area contributed by atoms with Gasteiger partial charge < -0.3 is 9.40 Å². The van der Waals surface area contributed by atoms with Crippen LogP contribution in [0, 0.1) is 5.92 Å². The van der Waals surface area contributed by atoms with Crippen molar-refractivity contribution in [3.8, 4) is 11.3 Å². The van der Waals surface area contributed by atoms with Crippen LogP contribution >= 0.6 is 23.1 Å². The monoisotopic (exact) mass is 413 g/mol. The van der Waals surface area contributed by atoms with Gasteiger partial charge in [-0.25, -0.2) is 9.97 Å². The Kier molecular flexibility index (Phi) is 4.77. The molecule has 0 radical (unpaired) electrons. The summed E-state index contributed by atoms with van der Waals surface area (Å²) in [6.45, 7) is 0. The lowest BCUT2D eigenvalue weighted by Gasteiger charge is -2.04. The second kappa shape index (κ2) is 7.56. The molecular formula is C19H19N5O2S2. The van der Waals surface area contributed by atoms with E-state index in [0.29, 0.717) is 32.7 Å². The van der Waals surface area contributed by atoms with Crippen molar-refractivity contribution in [3.05, 3.63) is 45.8 Å². The molecule has 1 saturated carbocycles. The van der Waals surface area contributed by atoms with Crippen molar-refractivity contribution in [1.29, 1.82) is 0 Å². The highest BCUT2D eigenvalue weighted by atomic mass is 32.2. The van der Waals surface area contributed by atoms with Crippen LogP contribution in [-0.2, 0) is 12.2 Å². The van der Waals surface area contributed by atoms with Crippen LogP contribution in [0.15, 0.2) is 38.1 Å². The van der Waals surface area contributed by atoms with Crippen LogP contribution in [-0.4, -0.2) is 25.1 Å². The average molecular weight is 414 g/mol. The Morgan fingerprint density at radius 1 is 1.25 bits per heavy atom. The second-order valence-corrected chi connectivity index (χ2v) is 8.83. The number of thioether (sulfide) groups is 1. The molecular weight excluding hydrogens is 394 g/mol. The summed E-state index contributed by atoms with van der Waals surface area (Å²) in [4.78, 5) is 25.4. The van der Waals surface area contributed by atoms with Crippen LogP contribution in [0.5, 0.6) is 0 Å². The van der Waals surface area contributed by atoms with E-state index in [2.05, 4.69) is 25.1 Å². The Hall–Kier alpha value is -2.39. The summed E-state index contributed by atoms with van der Waals surface area (Å²) in [6, 6.07) is 3.65. The maximum atomic E-state index is 12.6. The molecule has 7 nitrogen and oxygen atoms in total. The number of hydrogen-bond acceptors (Lipinski definition) is 7. The number of aromatic nitrogens is 5. The van der Waals surface area contributed by atoms with Crippen molar-refractivity contribution in [2.24, 2.45) is 5.92 Å². The van der Waals surface area contributed by atoms with Gasteiger partial charge in [0.15, 0.2) is 0 Å². The lowest BCUT2D eigenvalue weighted by molar-refractivity contribution is 0.531. The van der Waals surface area contributed by atoms with E-state index < -0.39 is 0 Å². The third kappa shape index (κ3) is 3.51. The molecule has 4 heterocycles. The third-order valence-electron chi connectivity index (χ3n) is 5.09. The molecule has 0 spiro atoms. The van der Waals surface area contributed by atoms with E-state index in [1.165, 1.54) is 48.8 Å². The fourth-order valence-corrected chi connectivity index (χ4v) is 5.36. The van der Waals surface area contributed by atoms with Crippen LogP contribution in [0.4, 0.5) is 0 Å². The number of furan rings is 1. The fourth-order valence-electron chi connectivity index (χ4n) is 3.73. The quantitative estimate of drug-likeness (QED) is 0.455.